The number of rotatable bonds is 1. The van der Waals surface area contributed by atoms with Crippen LogP contribution in [0.5, 0.6) is 0 Å². The summed E-state index contributed by atoms with van der Waals surface area (Å²) < 4.78 is 2.02. The zero-order valence-corrected chi connectivity index (χ0v) is 10.3. The van der Waals surface area contributed by atoms with Gasteiger partial charge in [-0.15, -0.1) is 4.98 Å². The van der Waals surface area contributed by atoms with Crippen molar-refractivity contribution in [2.75, 3.05) is 0 Å². The fraction of sp³-hybridized carbons (Fsp3) is 0.0667. The molecule has 2 aromatic carbocycles. The third kappa shape index (κ3) is 1.46. The Morgan fingerprint density at radius 3 is 2.68 bits per heavy atom. The normalized spacial score (nSPS) is 14.1. The Labute approximate surface area is 110 Å². The van der Waals surface area contributed by atoms with Gasteiger partial charge in [0.15, 0.2) is 5.52 Å². The number of imidazole rings is 1. The van der Waals surface area contributed by atoms with Gasteiger partial charge in [-0.1, -0.05) is 30.3 Å². The first-order valence-electron chi connectivity index (χ1n) is 6.26. The molecule has 4 heteroatoms. The van der Waals surface area contributed by atoms with E-state index in [1.54, 1.807) is 0 Å². The SMILES string of the molecule is NC1=[N+](c2nc3ccccc3[nH]2)Cc2ccccc21. The van der Waals surface area contributed by atoms with Crippen molar-refractivity contribution >= 4 is 22.8 Å². The van der Waals surface area contributed by atoms with Crippen molar-refractivity contribution in [2.24, 2.45) is 5.73 Å². The molecule has 0 fully saturated rings. The lowest BCUT2D eigenvalue weighted by atomic mass is 10.1. The van der Waals surface area contributed by atoms with Crippen molar-refractivity contribution in [3.05, 3.63) is 59.7 Å². The van der Waals surface area contributed by atoms with Crippen LogP contribution in [0.15, 0.2) is 48.5 Å². The lowest BCUT2D eigenvalue weighted by molar-refractivity contribution is -0.460. The Balaban J connectivity index is 1.88. The summed E-state index contributed by atoms with van der Waals surface area (Å²) in [6, 6.07) is 16.2. The van der Waals surface area contributed by atoms with Gasteiger partial charge in [-0.3, -0.25) is 4.98 Å². The van der Waals surface area contributed by atoms with Gasteiger partial charge in [0.25, 0.3) is 0 Å². The second-order valence-electron chi connectivity index (χ2n) is 4.71. The van der Waals surface area contributed by atoms with E-state index in [9.17, 15) is 0 Å². The largest absolute Gasteiger partial charge is 0.353 e. The maximum atomic E-state index is 6.23. The van der Waals surface area contributed by atoms with Gasteiger partial charge in [0, 0.05) is 5.56 Å². The fourth-order valence-corrected chi connectivity index (χ4v) is 2.57. The molecule has 92 valence electrons. The van der Waals surface area contributed by atoms with Crippen LogP contribution in [0, 0.1) is 0 Å². The molecule has 0 radical (unpaired) electrons. The second-order valence-corrected chi connectivity index (χ2v) is 4.71. The lowest BCUT2D eigenvalue weighted by Gasteiger charge is -1.96. The van der Waals surface area contributed by atoms with Crippen molar-refractivity contribution in [1.82, 2.24) is 9.97 Å². The molecular weight excluding hydrogens is 236 g/mol. The molecule has 4 rings (SSSR count). The Hall–Kier alpha value is -2.62. The number of nitrogens with one attached hydrogen (secondary N) is 1. The van der Waals surface area contributed by atoms with Crippen molar-refractivity contribution in [1.29, 1.82) is 0 Å². The maximum absolute atomic E-state index is 6.23. The summed E-state index contributed by atoms with van der Waals surface area (Å²) in [4.78, 5) is 7.91. The molecular formula is C15H13N4+. The van der Waals surface area contributed by atoms with Crippen LogP contribution in [-0.4, -0.2) is 20.4 Å². The van der Waals surface area contributed by atoms with Crippen LogP contribution in [0.2, 0.25) is 0 Å². The summed E-state index contributed by atoms with van der Waals surface area (Å²) in [6.45, 7) is 0.766. The van der Waals surface area contributed by atoms with Gasteiger partial charge in [-0.25, -0.2) is 4.58 Å². The molecule has 0 saturated carbocycles. The molecule has 2 heterocycles. The van der Waals surface area contributed by atoms with E-state index < -0.39 is 0 Å². The van der Waals surface area contributed by atoms with Crippen LogP contribution < -0.4 is 5.73 Å². The molecule has 4 nitrogen and oxygen atoms in total. The summed E-state index contributed by atoms with van der Waals surface area (Å²) in [5.74, 6) is 1.56. The number of hydrogen-bond acceptors (Lipinski definition) is 2. The van der Waals surface area contributed by atoms with E-state index in [2.05, 4.69) is 16.0 Å². The Kier molecular flexibility index (Phi) is 2.00. The highest BCUT2D eigenvalue weighted by Crippen LogP contribution is 2.23. The predicted molar refractivity (Wildman–Crippen MR) is 74.5 cm³/mol. The van der Waals surface area contributed by atoms with Gasteiger partial charge < -0.3 is 5.73 Å². The van der Waals surface area contributed by atoms with Crippen LogP contribution >= 0.6 is 0 Å². The number of benzene rings is 2. The first kappa shape index (κ1) is 10.3. The minimum Gasteiger partial charge on any atom is -0.334 e. The van der Waals surface area contributed by atoms with Gasteiger partial charge in [0.1, 0.15) is 5.52 Å². The number of nitrogens with zero attached hydrogens (tertiary/aromatic N) is 2. The van der Waals surface area contributed by atoms with E-state index >= 15 is 0 Å². The minimum absolute atomic E-state index is 0.759. The third-order valence-corrected chi connectivity index (χ3v) is 3.55. The van der Waals surface area contributed by atoms with Crippen LogP contribution in [0.25, 0.3) is 11.0 Å². The molecule has 0 amide bonds. The number of nitrogens with two attached hydrogens (primary N) is 1. The fourth-order valence-electron chi connectivity index (χ4n) is 2.57. The molecule has 1 aliphatic rings. The van der Waals surface area contributed by atoms with Crippen LogP contribution in [0.1, 0.15) is 11.1 Å². The smallest absolute Gasteiger partial charge is 0.334 e. The third-order valence-electron chi connectivity index (χ3n) is 3.55. The second kappa shape index (κ2) is 3.68. The maximum Gasteiger partial charge on any atom is 0.353 e. The average Bonchev–Trinajstić information content (AvgIpc) is 3.00. The van der Waals surface area contributed by atoms with Crippen LogP contribution in [-0.2, 0) is 6.54 Å². The average molecular weight is 249 g/mol. The first-order chi connectivity index (χ1) is 9.33. The van der Waals surface area contributed by atoms with Gasteiger partial charge >= 0.3 is 5.95 Å². The number of amidine groups is 1. The number of para-hydroxylation sites is 2. The zero-order chi connectivity index (χ0) is 12.8. The molecule has 1 aromatic heterocycles. The van der Waals surface area contributed by atoms with Gasteiger partial charge in [0.2, 0.25) is 5.84 Å². The van der Waals surface area contributed by atoms with E-state index in [1.165, 1.54) is 5.56 Å². The molecule has 0 bridgehead atoms. The summed E-state index contributed by atoms with van der Waals surface area (Å²) in [6.07, 6.45) is 0. The highest BCUT2D eigenvalue weighted by molar-refractivity contribution is 5.97. The summed E-state index contributed by atoms with van der Waals surface area (Å²) in [5, 5.41) is 0. The number of aromatic amines is 1. The number of fused-ring (bicyclic) bond motifs is 2. The molecule has 3 aromatic rings. The van der Waals surface area contributed by atoms with E-state index in [0.717, 1.165) is 34.9 Å². The highest BCUT2D eigenvalue weighted by Gasteiger charge is 2.25. The standard InChI is InChI=1S/C15H12N4/c16-14-11-6-2-1-5-10(11)9-19(14)15-17-12-7-3-4-8-13(12)18-15/h1-8,16H,9H2,(H,17,18)/p+1. The molecule has 0 saturated heterocycles. The van der Waals surface area contributed by atoms with E-state index in [1.807, 2.05) is 47.0 Å². The lowest BCUT2D eigenvalue weighted by Crippen LogP contribution is -2.20. The molecule has 19 heavy (non-hydrogen) atoms. The van der Waals surface area contributed by atoms with Crippen LogP contribution in [0.3, 0.4) is 0 Å². The molecule has 0 spiro atoms. The number of aromatic nitrogens is 2. The predicted octanol–water partition coefficient (Wildman–Crippen LogP) is 2.13. The monoisotopic (exact) mass is 249 g/mol. The highest BCUT2D eigenvalue weighted by atomic mass is 15.2. The van der Waals surface area contributed by atoms with Crippen molar-refractivity contribution < 1.29 is 4.58 Å². The summed E-state index contributed by atoms with van der Waals surface area (Å²) >= 11 is 0. The van der Waals surface area contributed by atoms with Crippen LogP contribution in [0.4, 0.5) is 5.95 Å². The quantitative estimate of drug-likeness (QED) is 0.649. The van der Waals surface area contributed by atoms with Crippen molar-refractivity contribution in [3.63, 3.8) is 0 Å². The summed E-state index contributed by atoms with van der Waals surface area (Å²) in [7, 11) is 0. The van der Waals surface area contributed by atoms with Crippen molar-refractivity contribution in [2.45, 2.75) is 6.54 Å². The van der Waals surface area contributed by atoms with Gasteiger partial charge in [0.05, 0.1) is 6.54 Å². The minimum atomic E-state index is 0.759. The summed E-state index contributed by atoms with van der Waals surface area (Å²) in [5.41, 5.74) is 10.6. The van der Waals surface area contributed by atoms with Gasteiger partial charge in [-0.05, 0) is 23.8 Å². The van der Waals surface area contributed by atoms with E-state index in [0.29, 0.717) is 0 Å². The number of hydrogen-bond donors (Lipinski definition) is 2. The number of H-pyrrole nitrogens is 1. The Morgan fingerprint density at radius 1 is 1.05 bits per heavy atom. The molecule has 0 atom stereocenters. The van der Waals surface area contributed by atoms with E-state index in [-0.39, 0.29) is 0 Å². The Morgan fingerprint density at radius 2 is 1.84 bits per heavy atom. The Bertz CT molecular complexity index is 781. The zero-order valence-electron chi connectivity index (χ0n) is 10.3. The molecule has 0 aliphatic carbocycles. The van der Waals surface area contributed by atoms with E-state index in [4.69, 9.17) is 5.73 Å². The molecule has 3 N–H and O–H groups in total. The molecule has 0 unspecified atom stereocenters. The van der Waals surface area contributed by atoms with Crippen molar-refractivity contribution in [3.8, 4) is 0 Å². The first-order valence-corrected chi connectivity index (χ1v) is 6.26. The molecule has 1 aliphatic heterocycles. The van der Waals surface area contributed by atoms with Gasteiger partial charge in [-0.2, -0.15) is 0 Å². The topological polar surface area (TPSA) is 57.7 Å².